The highest BCUT2D eigenvalue weighted by Gasteiger charge is 2.45. The number of carbonyl (C=O) groups excluding carboxylic acids is 2. The Labute approximate surface area is 208 Å². The molecule has 182 valence electrons. The number of amides is 1. The van der Waals surface area contributed by atoms with E-state index in [1.165, 1.54) is 12.0 Å². The molecule has 5 rings (SSSR count). The lowest BCUT2D eigenvalue weighted by atomic mass is 9.94. The summed E-state index contributed by atoms with van der Waals surface area (Å²) in [6, 6.07) is 20.5. The number of nitrogens with zero attached hydrogens (tertiary/aromatic N) is 1. The lowest BCUT2D eigenvalue weighted by molar-refractivity contribution is -0.117. The van der Waals surface area contributed by atoms with Crippen LogP contribution in [0.5, 0.6) is 11.5 Å². The summed E-state index contributed by atoms with van der Waals surface area (Å²) in [4.78, 5) is 28.6. The van der Waals surface area contributed by atoms with Crippen molar-refractivity contribution >= 4 is 28.3 Å². The van der Waals surface area contributed by atoms with Crippen LogP contribution in [0.3, 0.4) is 0 Å². The topological polar surface area (TPSA) is 89.2 Å². The molecule has 1 aliphatic heterocycles. The van der Waals surface area contributed by atoms with Crippen LogP contribution in [0, 0.1) is 6.92 Å². The number of hydrogen-bond donors (Lipinski definition) is 1. The molecule has 36 heavy (non-hydrogen) atoms. The molecule has 7 nitrogen and oxygen atoms in total. The van der Waals surface area contributed by atoms with E-state index in [9.17, 15) is 14.7 Å². The highest BCUT2D eigenvalue weighted by atomic mass is 16.5. The van der Waals surface area contributed by atoms with Crippen LogP contribution in [0.4, 0.5) is 5.69 Å². The molecule has 0 saturated heterocycles. The molecule has 1 aromatic heterocycles. The minimum atomic E-state index is -0.863. The fourth-order valence-corrected chi connectivity index (χ4v) is 4.48. The molecule has 0 bridgehead atoms. The first-order chi connectivity index (χ1) is 17.4. The van der Waals surface area contributed by atoms with Gasteiger partial charge in [0.1, 0.15) is 5.75 Å². The molecular formula is C29H25NO6. The number of methoxy groups -OCH3 is 1. The van der Waals surface area contributed by atoms with Gasteiger partial charge in [-0.05, 0) is 55.8 Å². The van der Waals surface area contributed by atoms with Crippen LogP contribution in [0.15, 0.2) is 88.5 Å². The molecular weight excluding hydrogens is 458 g/mol. The number of carbonyl (C=O) groups is 2. The molecule has 1 amide bonds. The summed E-state index contributed by atoms with van der Waals surface area (Å²) in [6.07, 6.45) is 0. The van der Waals surface area contributed by atoms with Crippen molar-refractivity contribution in [3.8, 4) is 11.5 Å². The Bertz CT molecular complexity index is 1480. The fourth-order valence-electron chi connectivity index (χ4n) is 4.48. The Morgan fingerprint density at radius 3 is 2.44 bits per heavy atom. The second-order valence-corrected chi connectivity index (χ2v) is 8.50. The van der Waals surface area contributed by atoms with Crippen LogP contribution in [0.1, 0.15) is 34.6 Å². The van der Waals surface area contributed by atoms with E-state index in [1.807, 2.05) is 26.0 Å². The normalized spacial score (nSPS) is 15.6. The van der Waals surface area contributed by atoms with Gasteiger partial charge in [-0.1, -0.05) is 42.0 Å². The molecule has 0 spiro atoms. The quantitative estimate of drug-likeness (QED) is 0.328. The molecule has 4 aromatic rings. The van der Waals surface area contributed by atoms with Gasteiger partial charge in [0.25, 0.3) is 5.91 Å². The molecule has 1 unspecified atom stereocenters. The number of aliphatic hydroxyl groups excluding tert-OH is 1. The minimum absolute atomic E-state index is 0.00513. The number of para-hydroxylation sites is 1. The van der Waals surface area contributed by atoms with Gasteiger partial charge in [-0.25, -0.2) is 0 Å². The first-order valence-corrected chi connectivity index (χ1v) is 11.6. The van der Waals surface area contributed by atoms with Gasteiger partial charge in [-0.3, -0.25) is 14.5 Å². The van der Waals surface area contributed by atoms with Crippen LogP contribution < -0.4 is 14.4 Å². The number of aliphatic hydroxyl groups is 1. The van der Waals surface area contributed by atoms with Gasteiger partial charge in [0.15, 0.2) is 22.9 Å². The lowest BCUT2D eigenvalue weighted by Gasteiger charge is -2.27. The van der Waals surface area contributed by atoms with E-state index in [2.05, 4.69) is 0 Å². The third kappa shape index (κ3) is 3.88. The predicted molar refractivity (Wildman–Crippen MR) is 136 cm³/mol. The number of benzene rings is 3. The van der Waals surface area contributed by atoms with E-state index in [4.69, 9.17) is 13.9 Å². The number of ether oxygens (including phenoxy) is 2. The van der Waals surface area contributed by atoms with Crippen LogP contribution in [-0.4, -0.2) is 30.5 Å². The van der Waals surface area contributed by atoms with E-state index < -0.39 is 23.5 Å². The highest BCUT2D eigenvalue weighted by Crippen LogP contribution is 2.43. The van der Waals surface area contributed by atoms with Crippen molar-refractivity contribution in [1.29, 1.82) is 0 Å². The molecule has 0 radical (unpaired) electrons. The van der Waals surface area contributed by atoms with Gasteiger partial charge >= 0.3 is 0 Å². The van der Waals surface area contributed by atoms with Gasteiger partial charge in [-0.2, -0.15) is 0 Å². The second-order valence-electron chi connectivity index (χ2n) is 8.50. The predicted octanol–water partition coefficient (Wildman–Crippen LogP) is 5.93. The number of hydrogen-bond acceptors (Lipinski definition) is 6. The summed E-state index contributed by atoms with van der Waals surface area (Å²) < 4.78 is 16.8. The summed E-state index contributed by atoms with van der Waals surface area (Å²) in [7, 11) is 1.52. The number of ketones is 1. The van der Waals surface area contributed by atoms with Gasteiger partial charge < -0.3 is 19.0 Å². The molecule has 1 aliphatic rings. The first-order valence-electron chi connectivity index (χ1n) is 11.6. The van der Waals surface area contributed by atoms with E-state index in [-0.39, 0.29) is 11.3 Å². The van der Waals surface area contributed by atoms with Gasteiger partial charge in [-0.15, -0.1) is 0 Å². The molecule has 1 atom stereocenters. The highest BCUT2D eigenvalue weighted by molar-refractivity contribution is 6.20. The zero-order valence-corrected chi connectivity index (χ0v) is 20.1. The first kappa shape index (κ1) is 23.2. The van der Waals surface area contributed by atoms with Gasteiger partial charge in [0.2, 0.25) is 5.78 Å². The zero-order chi connectivity index (χ0) is 25.4. The Kier molecular flexibility index (Phi) is 5.98. The van der Waals surface area contributed by atoms with Gasteiger partial charge in [0, 0.05) is 11.1 Å². The SMILES string of the molecule is CCOc1ccc(C2C(C(=O)c3cc4cccc(OC)c4o3)=C(O)C(=O)N2c2ccc(C)cc2)cc1. The maximum Gasteiger partial charge on any atom is 0.294 e. The molecule has 3 aromatic carbocycles. The zero-order valence-electron chi connectivity index (χ0n) is 20.1. The fraction of sp³-hybridized carbons (Fsp3) is 0.172. The van der Waals surface area contributed by atoms with Crippen LogP contribution in [0.25, 0.3) is 11.0 Å². The standard InChI is InChI=1S/C29H25NO6/c1-4-35-21-14-10-18(11-15-21)25-24(27(32)29(33)30(25)20-12-8-17(2)9-13-20)26(31)23-16-19-6-5-7-22(34-3)28(19)36-23/h5-16,25,32H,4H2,1-3H3. The van der Waals surface area contributed by atoms with Crippen molar-refractivity contribution in [3.63, 3.8) is 0 Å². The summed E-state index contributed by atoms with van der Waals surface area (Å²) in [5.74, 6) is -0.686. The van der Waals surface area contributed by atoms with E-state index in [0.29, 0.717) is 40.3 Å². The van der Waals surface area contributed by atoms with Crippen molar-refractivity contribution in [1.82, 2.24) is 0 Å². The molecule has 2 heterocycles. The molecule has 0 saturated carbocycles. The Morgan fingerprint density at radius 1 is 1.06 bits per heavy atom. The van der Waals surface area contributed by atoms with E-state index in [1.54, 1.807) is 60.7 Å². The van der Waals surface area contributed by atoms with Crippen molar-refractivity contribution in [2.24, 2.45) is 0 Å². The smallest absolute Gasteiger partial charge is 0.294 e. The van der Waals surface area contributed by atoms with Crippen molar-refractivity contribution in [2.75, 3.05) is 18.6 Å². The maximum atomic E-state index is 13.8. The van der Waals surface area contributed by atoms with Gasteiger partial charge in [0.05, 0.1) is 25.3 Å². The Morgan fingerprint density at radius 2 is 1.78 bits per heavy atom. The molecule has 1 N–H and O–H groups in total. The van der Waals surface area contributed by atoms with E-state index >= 15 is 0 Å². The average molecular weight is 484 g/mol. The summed E-state index contributed by atoms with van der Waals surface area (Å²) in [6.45, 7) is 4.35. The third-order valence-electron chi connectivity index (χ3n) is 6.22. The van der Waals surface area contributed by atoms with Crippen LogP contribution >= 0.6 is 0 Å². The van der Waals surface area contributed by atoms with Crippen molar-refractivity contribution in [2.45, 2.75) is 19.9 Å². The lowest BCUT2D eigenvalue weighted by Crippen LogP contribution is -2.31. The Hall–Kier alpha value is -4.52. The number of Topliss-reactive ketones (excluding diaryl/α,β-unsaturated/α-hetero) is 1. The number of fused-ring (bicyclic) bond motifs is 1. The average Bonchev–Trinajstić information content (AvgIpc) is 3.44. The largest absolute Gasteiger partial charge is 0.503 e. The monoisotopic (exact) mass is 483 g/mol. The molecule has 7 heteroatoms. The van der Waals surface area contributed by atoms with Crippen LogP contribution in [-0.2, 0) is 4.79 Å². The van der Waals surface area contributed by atoms with Crippen molar-refractivity contribution in [3.05, 3.63) is 101 Å². The van der Waals surface area contributed by atoms with Crippen LogP contribution in [0.2, 0.25) is 0 Å². The van der Waals surface area contributed by atoms with Crippen molar-refractivity contribution < 1.29 is 28.6 Å². The summed E-state index contributed by atoms with van der Waals surface area (Å²) >= 11 is 0. The Balaban J connectivity index is 1.63. The third-order valence-corrected chi connectivity index (χ3v) is 6.22. The second kappa shape index (κ2) is 9.26. The molecule has 0 aliphatic carbocycles. The number of rotatable bonds is 7. The maximum absolute atomic E-state index is 13.8. The number of furan rings is 1. The summed E-state index contributed by atoms with van der Waals surface area (Å²) in [5.41, 5.74) is 2.59. The minimum Gasteiger partial charge on any atom is -0.503 e. The number of aryl methyl sites for hydroxylation is 1. The molecule has 0 fully saturated rings. The van der Waals surface area contributed by atoms with E-state index in [0.717, 1.165) is 5.56 Å². The summed E-state index contributed by atoms with van der Waals surface area (Å²) in [5, 5.41) is 11.7. The number of anilines is 1.